The lowest BCUT2D eigenvalue weighted by Gasteiger charge is -2.06. The van der Waals surface area contributed by atoms with Gasteiger partial charge in [-0.05, 0) is 12.1 Å². The van der Waals surface area contributed by atoms with Crippen LogP contribution in [0.25, 0.3) is 0 Å². The standard InChI is InChI=1S/C6Cl6.C6H5Cl/c7-1-2(8)4(10)6(12)5(11)3(1)9;7-6-4-2-1-3-5-6/h;1-5H. The molecule has 0 unspecified atom stereocenters. The van der Waals surface area contributed by atoms with Gasteiger partial charge >= 0.3 is 0 Å². The van der Waals surface area contributed by atoms with Gasteiger partial charge in [0.05, 0.1) is 30.1 Å². The summed E-state index contributed by atoms with van der Waals surface area (Å²) in [6.07, 6.45) is 0. The highest BCUT2D eigenvalue weighted by Gasteiger charge is 2.17. The molecule has 0 heterocycles. The lowest BCUT2D eigenvalue weighted by molar-refractivity contribution is 1.69. The summed E-state index contributed by atoms with van der Waals surface area (Å²) in [5.41, 5.74) is 0. The lowest BCUT2D eigenvalue weighted by atomic mass is 10.3. The summed E-state index contributed by atoms with van der Waals surface area (Å²) in [4.78, 5) is 0. The molecule has 0 radical (unpaired) electrons. The Morgan fingerprint density at radius 3 is 0.842 bits per heavy atom. The Bertz CT molecular complexity index is 461. The van der Waals surface area contributed by atoms with Gasteiger partial charge in [-0.2, -0.15) is 0 Å². The van der Waals surface area contributed by atoms with Crippen molar-refractivity contribution in [2.45, 2.75) is 0 Å². The minimum absolute atomic E-state index is 0.109. The number of hydrogen-bond acceptors (Lipinski definition) is 0. The van der Waals surface area contributed by atoms with E-state index in [1.165, 1.54) is 0 Å². The zero-order valence-electron chi connectivity index (χ0n) is 9.03. The van der Waals surface area contributed by atoms with Crippen LogP contribution in [0.4, 0.5) is 0 Å². The van der Waals surface area contributed by atoms with E-state index in [0.717, 1.165) is 5.02 Å². The van der Waals surface area contributed by atoms with Crippen molar-refractivity contribution in [3.63, 3.8) is 0 Å². The molecule has 7 heteroatoms. The molecular weight excluding hydrogens is 392 g/mol. The van der Waals surface area contributed by atoms with Crippen LogP contribution < -0.4 is 0 Å². The number of halogens is 7. The largest absolute Gasteiger partial charge is 0.0843 e. The molecule has 0 saturated carbocycles. The van der Waals surface area contributed by atoms with Crippen LogP contribution in [-0.4, -0.2) is 0 Å². The Hall–Kier alpha value is 0.470. The molecule has 0 aromatic heterocycles. The molecule has 0 spiro atoms. The van der Waals surface area contributed by atoms with E-state index in [-0.39, 0.29) is 30.1 Å². The van der Waals surface area contributed by atoms with Gasteiger partial charge in [0.2, 0.25) is 0 Å². The van der Waals surface area contributed by atoms with Crippen molar-refractivity contribution >= 4 is 81.2 Å². The third kappa shape index (κ3) is 4.75. The molecule has 0 bridgehead atoms. The van der Waals surface area contributed by atoms with Crippen molar-refractivity contribution in [2.75, 3.05) is 0 Å². The third-order valence-electron chi connectivity index (χ3n) is 1.89. The second-order valence-corrected chi connectivity index (χ2v) is 5.88. The molecule has 0 saturated heterocycles. The molecule has 2 rings (SSSR count). The molecule has 0 aliphatic rings. The average molecular weight is 397 g/mol. The first kappa shape index (κ1) is 17.5. The Kier molecular flexibility index (Phi) is 7.42. The first-order valence-electron chi connectivity index (χ1n) is 4.73. The van der Waals surface area contributed by atoms with Crippen LogP contribution in [0.15, 0.2) is 30.3 Å². The molecule has 0 aliphatic carbocycles. The monoisotopic (exact) mass is 394 g/mol. The maximum absolute atomic E-state index is 5.67. The van der Waals surface area contributed by atoms with E-state index in [9.17, 15) is 0 Å². The predicted octanol–water partition coefficient (Wildman–Crippen LogP) is 7.95. The fourth-order valence-corrected chi connectivity index (χ4v) is 2.56. The van der Waals surface area contributed by atoms with Gasteiger partial charge < -0.3 is 0 Å². The van der Waals surface area contributed by atoms with Crippen LogP contribution >= 0.6 is 81.2 Å². The molecule has 0 nitrogen and oxygen atoms in total. The minimum Gasteiger partial charge on any atom is -0.0843 e. The van der Waals surface area contributed by atoms with Crippen molar-refractivity contribution in [1.82, 2.24) is 0 Å². The highest BCUT2D eigenvalue weighted by molar-refractivity contribution is 6.59. The number of rotatable bonds is 0. The van der Waals surface area contributed by atoms with Gasteiger partial charge in [0.15, 0.2) is 0 Å². The van der Waals surface area contributed by atoms with E-state index < -0.39 is 0 Å². The first-order valence-corrected chi connectivity index (χ1v) is 7.38. The van der Waals surface area contributed by atoms with Crippen molar-refractivity contribution in [3.05, 3.63) is 65.5 Å². The molecule has 2 aromatic rings. The maximum atomic E-state index is 5.67. The Balaban J connectivity index is 0.000000218. The Morgan fingerprint density at radius 1 is 0.421 bits per heavy atom. The van der Waals surface area contributed by atoms with E-state index in [1.807, 2.05) is 30.3 Å². The van der Waals surface area contributed by atoms with Gasteiger partial charge in [-0.15, -0.1) is 0 Å². The van der Waals surface area contributed by atoms with Crippen LogP contribution in [-0.2, 0) is 0 Å². The van der Waals surface area contributed by atoms with E-state index >= 15 is 0 Å². The highest BCUT2D eigenvalue weighted by atomic mass is 35.5. The zero-order chi connectivity index (χ0) is 14.6. The molecule has 2 aromatic carbocycles. The second-order valence-electron chi connectivity index (χ2n) is 3.18. The van der Waals surface area contributed by atoms with Crippen LogP contribution in [0.5, 0.6) is 0 Å². The fraction of sp³-hybridized carbons (Fsp3) is 0. The van der Waals surface area contributed by atoms with Crippen LogP contribution in [0.2, 0.25) is 35.2 Å². The summed E-state index contributed by atoms with van der Waals surface area (Å²) >= 11 is 39.6. The Labute approximate surface area is 146 Å². The van der Waals surface area contributed by atoms with Gasteiger partial charge in [0.1, 0.15) is 0 Å². The van der Waals surface area contributed by atoms with Crippen molar-refractivity contribution in [2.24, 2.45) is 0 Å². The van der Waals surface area contributed by atoms with Crippen molar-refractivity contribution < 1.29 is 0 Å². The average Bonchev–Trinajstić information content (AvgIpc) is 2.42. The van der Waals surface area contributed by atoms with Gasteiger partial charge in [0, 0.05) is 5.02 Å². The maximum Gasteiger partial charge on any atom is 0.0810 e. The van der Waals surface area contributed by atoms with Crippen LogP contribution in [0.1, 0.15) is 0 Å². The SMILES string of the molecule is Clc1c(Cl)c(Cl)c(Cl)c(Cl)c1Cl.Clc1ccccc1. The van der Waals surface area contributed by atoms with E-state index in [1.54, 1.807) is 0 Å². The first-order chi connectivity index (χ1) is 8.86. The molecular formula is C12H5Cl7. The highest BCUT2D eigenvalue weighted by Crippen LogP contribution is 2.45. The van der Waals surface area contributed by atoms with Crippen LogP contribution in [0, 0.1) is 0 Å². The van der Waals surface area contributed by atoms with Crippen LogP contribution in [0.3, 0.4) is 0 Å². The summed E-state index contributed by atoms with van der Waals surface area (Å²) in [6.45, 7) is 0. The summed E-state index contributed by atoms with van der Waals surface area (Å²) in [5, 5.41) is 1.45. The molecule has 19 heavy (non-hydrogen) atoms. The second kappa shape index (κ2) is 8.05. The topological polar surface area (TPSA) is 0 Å². The van der Waals surface area contributed by atoms with E-state index in [2.05, 4.69) is 0 Å². The van der Waals surface area contributed by atoms with Gasteiger partial charge in [-0.25, -0.2) is 0 Å². The van der Waals surface area contributed by atoms with Crippen molar-refractivity contribution in [1.29, 1.82) is 0 Å². The normalized spacial score (nSPS) is 9.84. The van der Waals surface area contributed by atoms with Gasteiger partial charge in [0.25, 0.3) is 0 Å². The quantitative estimate of drug-likeness (QED) is 0.313. The zero-order valence-corrected chi connectivity index (χ0v) is 14.3. The lowest BCUT2D eigenvalue weighted by Crippen LogP contribution is -1.79. The molecule has 0 N–H and O–H groups in total. The molecule has 0 atom stereocenters. The molecule has 102 valence electrons. The molecule has 0 amide bonds. The van der Waals surface area contributed by atoms with Crippen molar-refractivity contribution in [3.8, 4) is 0 Å². The van der Waals surface area contributed by atoms with Gasteiger partial charge in [-0.3, -0.25) is 0 Å². The van der Waals surface area contributed by atoms with Gasteiger partial charge in [-0.1, -0.05) is 99.4 Å². The molecule has 0 aliphatic heterocycles. The van der Waals surface area contributed by atoms with E-state index in [4.69, 9.17) is 81.2 Å². The summed E-state index contributed by atoms with van der Waals surface area (Å²) in [7, 11) is 0. The smallest absolute Gasteiger partial charge is 0.0810 e. The summed E-state index contributed by atoms with van der Waals surface area (Å²) in [6, 6.07) is 9.44. The summed E-state index contributed by atoms with van der Waals surface area (Å²) < 4.78 is 0. The summed E-state index contributed by atoms with van der Waals surface area (Å²) in [5.74, 6) is 0. The number of hydrogen-bond donors (Lipinski definition) is 0. The van der Waals surface area contributed by atoms with E-state index in [0.29, 0.717) is 0 Å². The third-order valence-corrected chi connectivity index (χ3v) is 4.99. The minimum atomic E-state index is 0.109. The number of benzene rings is 2. The Morgan fingerprint density at radius 2 is 0.684 bits per heavy atom. The molecule has 0 fully saturated rings. The predicted molar refractivity (Wildman–Crippen MR) is 88.0 cm³/mol. The fourth-order valence-electron chi connectivity index (χ4n) is 0.993.